The molecule has 0 spiro atoms. The molecule has 5 atom stereocenters. The number of methoxy groups -OCH3 is 1. The van der Waals surface area contributed by atoms with Crippen LogP contribution in [0.5, 0.6) is 0 Å². The lowest BCUT2D eigenvalue weighted by Gasteiger charge is -2.23. The largest absolute Gasteiger partial charge is 0.467 e. The van der Waals surface area contributed by atoms with Crippen molar-refractivity contribution in [1.29, 1.82) is 0 Å². The van der Waals surface area contributed by atoms with Crippen molar-refractivity contribution < 1.29 is 19.1 Å². The number of esters is 1. The summed E-state index contributed by atoms with van der Waals surface area (Å²) >= 11 is 0. The van der Waals surface area contributed by atoms with E-state index in [2.05, 4.69) is 16.0 Å². The van der Waals surface area contributed by atoms with Gasteiger partial charge in [0.05, 0.1) is 13.2 Å². The number of nitrogens with one attached hydrogen (secondary N) is 3. The smallest absolute Gasteiger partial charge is 0.328 e. The van der Waals surface area contributed by atoms with E-state index in [1.54, 1.807) is 0 Å². The van der Waals surface area contributed by atoms with Crippen LogP contribution in [0, 0.1) is 17.8 Å². The number of carbonyl (C=O) groups excluding carboxylic acids is 3. The first-order valence-electron chi connectivity index (χ1n) is 9.24. The first-order valence-corrected chi connectivity index (χ1v) is 9.24. The molecule has 0 bridgehead atoms. The van der Waals surface area contributed by atoms with Gasteiger partial charge in [-0.15, -0.1) is 0 Å². The van der Waals surface area contributed by atoms with E-state index < -0.39 is 12.0 Å². The van der Waals surface area contributed by atoms with E-state index in [1.807, 2.05) is 13.8 Å². The molecule has 0 radical (unpaired) electrons. The second kappa shape index (κ2) is 6.94. The summed E-state index contributed by atoms with van der Waals surface area (Å²) in [6, 6.07) is -1.03. The van der Waals surface area contributed by atoms with Gasteiger partial charge in [0, 0.05) is 11.5 Å². The van der Waals surface area contributed by atoms with Crippen molar-refractivity contribution in [3.8, 4) is 0 Å². The Balaban J connectivity index is 1.64. The maximum Gasteiger partial charge on any atom is 0.328 e. The third kappa shape index (κ3) is 3.81. The normalized spacial score (nSPS) is 34.3. The SMILES string of the molecule is COC(=O)C(CC1CC(C)(C)NC1=O)NC(=O)[C@H]1NC[C@@H]2CCC[C@@H]21. The van der Waals surface area contributed by atoms with Crippen molar-refractivity contribution in [2.75, 3.05) is 13.7 Å². The number of ether oxygens (including phenoxy) is 1. The number of carbonyl (C=O) groups is 3. The van der Waals surface area contributed by atoms with Crippen LogP contribution in [0.25, 0.3) is 0 Å². The fourth-order valence-electron chi connectivity index (χ4n) is 4.76. The Bertz CT molecular complexity index is 563. The summed E-state index contributed by atoms with van der Waals surface area (Å²) in [6.45, 7) is 4.78. The number of amides is 2. The van der Waals surface area contributed by atoms with E-state index in [-0.39, 0.29) is 35.7 Å². The van der Waals surface area contributed by atoms with Gasteiger partial charge in [0.1, 0.15) is 6.04 Å². The lowest BCUT2D eigenvalue weighted by Crippen LogP contribution is -2.51. The summed E-state index contributed by atoms with van der Waals surface area (Å²) in [6.07, 6.45) is 4.30. The van der Waals surface area contributed by atoms with Gasteiger partial charge in [-0.2, -0.15) is 0 Å². The zero-order valence-electron chi connectivity index (χ0n) is 15.3. The van der Waals surface area contributed by atoms with Crippen LogP contribution in [-0.2, 0) is 19.1 Å². The first kappa shape index (κ1) is 18.2. The molecular formula is C18H29N3O4. The van der Waals surface area contributed by atoms with Crippen molar-refractivity contribution >= 4 is 17.8 Å². The van der Waals surface area contributed by atoms with Gasteiger partial charge >= 0.3 is 5.97 Å². The Morgan fingerprint density at radius 1 is 1.36 bits per heavy atom. The Morgan fingerprint density at radius 2 is 2.12 bits per heavy atom. The summed E-state index contributed by atoms with van der Waals surface area (Å²) in [4.78, 5) is 37.0. The van der Waals surface area contributed by atoms with E-state index in [0.717, 1.165) is 13.0 Å². The molecule has 1 aliphatic carbocycles. The molecule has 2 amide bonds. The molecule has 3 N–H and O–H groups in total. The van der Waals surface area contributed by atoms with E-state index in [0.29, 0.717) is 18.3 Å². The van der Waals surface area contributed by atoms with Gasteiger partial charge in [-0.25, -0.2) is 4.79 Å². The third-order valence-corrected chi connectivity index (χ3v) is 5.94. The molecule has 7 heteroatoms. The van der Waals surface area contributed by atoms with Gasteiger partial charge < -0.3 is 20.7 Å². The maximum atomic E-state index is 12.7. The second-order valence-electron chi connectivity index (χ2n) is 8.33. The Hall–Kier alpha value is -1.63. The predicted octanol–water partition coefficient (Wildman–Crippen LogP) is 0.337. The minimum absolute atomic E-state index is 0.0667. The van der Waals surface area contributed by atoms with E-state index in [9.17, 15) is 14.4 Å². The summed E-state index contributed by atoms with van der Waals surface area (Å²) in [5.74, 6) is -0.0896. The number of rotatable bonds is 5. The number of hydrogen-bond donors (Lipinski definition) is 3. The maximum absolute atomic E-state index is 12.7. The van der Waals surface area contributed by atoms with Gasteiger partial charge in [-0.1, -0.05) is 6.42 Å². The van der Waals surface area contributed by atoms with Crippen molar-refractivity contribution in [2.45, 2.75) is 63.6 Å². The second-order valence-corrected chi connectivity index (χ2v) is 8.33. The third-order valence-electron chi connectivity index (χ3n) is 5.94. The van der Waals surface area contributed by atoms with Crippen LogP contribution in [0.4, 0.5) is 0 Å². The quantitative estimate of drug-likeness (QED) is 0.621. The molecule has 0 aromatic rings. The summed E-state index contributed by atoms with van der Waals surface area (Å²) in [5, 5.41) is 9.06. The van der Waals surface area contributed by atoms with Crippen LogP contribution < -0.4 is 16.0 Å². The highest BCUT2D eigenvalue weighted by Crippen LogP contribution is 2.37. The van der Waals surface area contributed by atoms with Crippen LogP contribution in [-0.4, -0.2) is 49.1 Å². The van der Waals surface area contributed by atoms with Gasteiger partial charge in [0.2, 0.25) is 11.8 Å². The molecule has 7 nitrogen and oxygen atoms in total. The summed E-state index contributed by atoms with van der Waals surface area (Å²) in [7, 11) is 1.31. The van der Waals surface area contributed by atoms with Crippen LogP contribution in [0.2, 0.25) is 0 Å². The zero-order chi connectivity index (χ0) is 18.2. The van der Waals surface area contributed by atoms with Crippen LogP contribution in [0.15, 0.2) is 0 Å². The monoisotopic (exact) mass is 351 g/mol. The van der Waals surface area contributed by atoms with Gasteiger partial charge in [0.25, 0.3) is 0 Å². The number of hydrogen-bond acceptors (Lipinski definition) is 5. The molecule has 2 unspecified atom stereocenters. The van der Waals surface area contributed by atoms with Crippen molar-refractivity contribution in [1.82, 2.24) is 16.0 Å². The molecule has 1 saturated carbocycles. The molecule has 2 heterocycles. The van der Waals surface area contributed by atoms with Crippen molar-refractivity contribution in [3.63, 3.8) is 0 Å². The topological polar surface area (TPSA) is 96.5 Å². The molecule has 2 aliphatic heterocycles. The van der Waals surface area contributed by atoms with Gasteiger partial charge in [0.15, 0.2) is 0 Å². The van der Waals surface area contributed by atoms with Crippen LogP contribution in [0.1, 0.15) is 46.0 Å². The van der Waals surface area contributed by atoms with Crippen LogP contribution >= 0.6 is 0 Å². The van der Waals surface area contributed by atoms with Crippen molar-refractivity contribution in [2.24, 2.45) is 17.8 Å². The van der Waals surface area contributed by atoms with Crippen molar-refractivity contribution in [3.05, 3.63) is 0 Å². The van der Waals surface area contributed by atoms with Gasteiger partial charge in [-0.3, -0.25) is 9.59 Å². The fourth-order valence-corrected chi connectivity index (χ4v) is 4.76. The fraction of sp³-hybridized carbons (Fsp3) is 0.833. The zero-order valence-corrected chi connectivity index (χ0v) is 15.3. The molecule has 0 aromatic heterocycles. The molecule has 3 rings (SSSR count). The summed E-state index contributed by atoms with van der Waals surface area (Å²) in [5.41, 5.74) is -0.281. The minimum Gasteiger partial charge on any atom is -0.467 e. The highest BCUT2D eigenvalue weighted by molar-refractivity contribution is 5.89. The molecule has 3 aliphatic rings. The average Bonchev–Trinajstić information content (AvgIpc) is 3.20. The Kier molecular flexibility index (Phi) is 5.04. The van der Waals surface area contributed by atoms with E-state index >= 15 is 0 Å². The van der Waals surface area contributed by atoms with Crippen LogP contribution in [0.3, 0.4) is 0 Å². The Morgan fingerprint density at radius 3 is 2.76 bits per heavy atom. The highest BCUT2D eigenvalue weighted by Gasteiger charge is 2.44. The number of fused-ring (bicyclic) bond motifs is 1. The molecule has 3 fully saturated rings. The highest BCUT2D eigenvalue weighted by atomic mass is 16.5. The molecule has 2 saturated heterocycles. The predicted molar refractivity (Wildman–Crippen MR) is 91.5 cm³/mol. The average molecular weight is 351 g/mol. The van der Waals surface area contributed by atoms with Gasteiger partial charge in [-0.05, 0) is 57.9 Å². The molecular weight excluding hydrogens is 322 g/mol. The molecule has 25 heavy (non-hydrogen) atoms. The Labute approximate surface area is 148 Å². The van der Waals surface area contributed by atoms with E-state index in [1.165, 1.54) is 20.0 Å². The first-order chi connectivity index (χ1) is 11.8. The summed E-state index contributed by atoms with van der Waals surface area (Å²) < 4.78 is 4.85. The lowest BCUT2D eigenvalue weighted by atomic mass is 9.90. The molecule has 0 aromatic carbocycles. The van der Waals surface area contributed by atoms with E-state index in [4.69, 9.17) is 4.74 Å². The lowest BCUT2D eigenvalue weighted by molar-refractivity contribution is -0.146. The standard InChI is InChI=1S/C18H29N3O4/c1-18(2)8-11(15(22)21-18)7-13(17(24)25-3)20-16(23)14-12-6-4-5-10(12)9-19-14/h10-14,19H,4-9H2,1-3H3,(H,20,23)(H,21,22)/t10-,11?,12-,13?,14-/m0/s1. The molecule has 140 valence electrons. The minimum atomic E-state index is -0.788.